The maximum Gasteiger partial charge on any atom is 0.227 e. The van der Waals surface area contributed by atoms with Gasteiger partial charge in [-0.2, -0.15) is 0 Å². The van der Waals surface area contributed by atoms with Crippen LogP contribution in [0.5, 0.6) is 11.5 Å². The summed E-state index contributed by atoms with van der Waals surface area (Å²) >= 11 is 0. The molecule has 0 aliphatic rings. The molecule has 0 spiro atoms. The fourth-order valence-corrected chi connectivity index (χ4v) is 2.99. The minimum Gasteiger partial charge on any atom is -0.502 e. The van der Waals surface area contributed by atoms with E-state index >= 15 is 0 Å². The average Bonchev–Trinajstić information content (AvgIpc) is 2.74. The van der Waals surface area contributed by atoms with Gasteiger partial charge in [0.1, 0.15) is 24.7 Å². The Balaban J connectivity index is 2.36. The summed E-state index contributed by atoms with van der Waals surface area (Å²) in [4.78, 5) is 27.7. The molecule has 0 saturated carbocycles. The van der Waals surface area contributed by atoms with Crippen LogP contribution in [0.3, 0.4) is 0 Å². The molecule has 0 fully saturated rings. The Hall–Kier alpha value is -2.66. The molecule has 0 aromatic carbocycles. The number of hydrogen-bond acceptors (Lipinski definition) is 10. The molecule has 166 valence electrons. The van der Waals surface area contributed by atoms with Crippen molar-refractivity contribution in [2.45, 2.75) is 40.2 Å². The summed E-state index contributed by atoms with van der Waals surface area (Å²) in [5.41, 5.74) is -1.36. The summed E-state index contributed by atoms with van der Waals surface area (Å²) in [5.74, 6) is -1.23. The van der Waals surface area contributed by atoms with Crippen molar-refractivity contribution in [2.24, 2.45) is 0 Å². The highest BCUT2D eigenvalue weighted by atomic mass is 16.4. The Bertz CT molecular complexity index is 879. The van der Waals surface area contributed by atoms with E-state index in [0.717, 1.165) is 25.2 Å². The highest BCUT2D eigenvalue weighted by Gasteiger charge is 2.20. The van der Waals surface area contributed by atoms with Crippen molar-refractivity contribution in [1.29, 1.82) is 0 Å². The summed E-state index contributed by atoms with van der Waals surface area (Å²) in [5, 5.41) is 38.7. The number of hydrogen-bond donors (Lipinski definition) is 4. The van der Waals surface area contributed by atoms with Crippen LogP contribution in [0.25, 0.3) is 0 Å². The smallest absolute Gasteiger partial charge is 0.227 e. The Morgan fingerprint density at radius 3 is 1.53 bits per heavy atom. The number of rotatable bonds is 11. The van der Waals surface area contributed by atoms with Crippen LogP contribution in [0, 0.1) is 0 Å². The molecule has 4 N–H and O–H groups in total. The Labute approximate surface area is 173 Å². The average molecular weight is 424 g/mol. The predicted octanol–water partition coefficient (Wildman–Crippen LogP) is 0.333. The molecule has 0 aliphatic heterocycles. The van der Waals surface area contributed by atoms with Gasteiger partial charge in [0.15, 0.2) is 11.5 Å². The van der Waals surface area contributed by atoms with E-state index in [0.29, 0.717) is 13.1 Å². The molecule has 0 unspecified atom stereocenters. The topological polar surface area (TPSA) is 148 Å². The first-order valence-electron chi connectivity index (χ1n) is 9.68. The molecule has 0 aliphatic carbocycles. The lowest BCUT2D eigenvalue weighted by atomic mass is 10.2. The number of aliphatic hydroxyl groups is 2. The number of aliphatic hydroxyl groups excluding tert-OH is 2. The van der Waals surface area contributed by atoms with E-state index in [1.165, 1.54) is 0 Å². The van der Waals surface area contributed by atoms with Gasteiger partial charge in [-0.1, -0.05) is 13.8 Å². The van der Waals surface area contributed by atoms with Crippen LogP contribution < -0.4 is 10.9 Å². The fraction of sp³-hybridized carbons (Fsp3) is 0.500. The maximum absolute atomic E-state index is 11.9. The first kappa shape index (κ1) is 23.6. The lowest BCUT2D eigenvalue weighted by Gasteiger charge is -2.26. The van der Waals surface area contributed by atoms with Crippen molar-refractivity contribution in [2.75, 3.05) is 26.2 Å². The van der Waals surface area contributed by atoms with E-state index < -0.39 is 35.6 Å². The molecular formula is C20H28N2O8. The quantitative estimate of drug-likeness (QED) is 0.398. The molecule has 0 radical (unpaired) electrons. The number of aromatic hydroxyl groups is 2. The molecule has 0 bridgehead atoms. The van der Waals surface area contributed by atoms with Crippen LogP contribution >= 0.6 is 0 Å². The van der Waals surface area contributed by atoms with Gasteiger partial charge in [0.2, 0.25) is 22.4 Å². The van der Waals surface area contributed by atoms with E-state index in [4.69, 9.17) is 8.83 Å². The van der Waals surface area contributed by atoms with Gasteiger partial charge in [-0.25, -0.2) is 0 Å². The molecule has 0 amide bonds. The van der Waals surface area contributed by atoms with Gasteiger partial charge in [-0.05, 0) is 13.1 Å². The first-order chi connectivity index (χ1) is 14.3. The molecule has 2 heterocycles. The van der Waals surface area contributed by atoms with Crippen LogP contribution in [0.2, 0.25) is 0 Å². The maximum atomic E-state index is 11.9. The van der Waals surface area contributed by atoms with Gasteiger partial charge in [0.25, 0.3) is 0 Å². The Morgan fingerprint density at radius 2 is 1.17 bits per heavy atom. The Morgan fingerprint density at radius 1 is 0.767 bits per heavy atom. The standard InChI is InChI=1S/C20H28N2O8/c1-3-21(4-2)5-6-22(9-17-19(27)15(25)7-13(11-23)29-17)10-18-20(28)16(26)8-14(12-24)30-18/h7-8,23-24,27-28H,3-6,9-12H2,1-2H3. The van der Waals surface area contributed by atoms with E-state index in [9.17, 15) is 30.0 Å². The second-order valence-electron chi connectivity index (χ2n) is 6.75. The molecule has 10 heteroatoms. The molecule has 10 nitrogen and oxygen atoms in total. The number of likely N-dealkylation sites (N-methyl/N-ethyl adjacent to an activating group) is 1. The van der Waals surface area contributed by atoms with Gasteiger partial charge in [0, 0.05) is 25.2 Å². The van der Waals surface area contributed by atoms with Crippen LogP contribution in [-0.2, 0) is 26.3 Å². The molecular weight excluding hydrogens is 396 g/mol. The third-order valence-electron chi connectivity index (χ3n) is 4.76. The summed E-state index contributed by atoms with van der Waals surface area (Å²) in [6, 6.07) is 2.02. The van der Waals surface area contributed by atoms with Crippen molar-refractivity contribution < 1.29 is 29.3 Å². The van der Waals surface area contributed by atoms with Crippen molar-refractivity contribution in [3.05, 3.63) is 55.6 Å². The fourth-order valence-electron chi connectivity index (χ4n) is 2.99. The van der Waals surface area contributed by atoms with E-state index in [1.807, 2.05) is 13.8 Å². The third kappa shape index (κ3) is 5.92. The SMILES string of the molecule is CCN(CC)CCN(Cc1oc(CO)cc(=O)c1O)Cc1oc(CO)cc(=O)c1O. The monoisotopic (exact) mass is 424 g/mol. The van der Waals surface area contributed by atoms with Crippen LogP contribution in [0.1, 0.15) is 36.9 Å². The normalized spacial score (nSPS) is 11.5. The largest absolute Gasteiger partial charge is 0.502 e. The lowest BCUT2D eigenvalue weighted by molar-refractivity contribution is 0.160. The van der Waals surface area contributed by atoms with Crippen molar-refractivity contribution in [3.8, 4) is 11.5 Å². The van der Waals surface area contributed by atoms with E-state index in [2.05, 4.69) is 4.90 Å². The second kappa shape index (κ2) is 10.9. The van der Waals surface area contributed by atoms with Crippen molar-refractivity contribution in [3.63, 3.8) is 0 Å². The summed E-state index contributed by atoms with van der Waals surface area (Å²) < 4.78 is 10.8. The highest BCUT2D eigenvalue weighted by Crippen LogP contribution is 2.21. The number of nitrogens with zero attached hydrogens (tertiary/aromatic N) is 2. The predicted molar refractivity (Wildman–Crippen MR) is 107 cm³/mol. The van der Waals surface area contributed by atoms with Gasteiger partial charge < -0.3 is 34.2 Å². The molecule has 0 saturated heterocycles. The molecule has 2 rings (SSSR count). The summed E-state index contributed by atoms with van der Waals surface area (Å²) in [7, 11) is 0. The zero-order chi connectivity index (χ0) is 22.3. The molecule has 2 aromatic rings. The van der Waals surface area contributed by atoms with Crippen molar-refractivity contribution >= 4 is 0 Å². The summed E-state index contributed by atoms with van der Waals surface area (Å²) in [6.07, 6.45) is 0. The van der Waals surface area contributed by atoms with Crippen LogP contribution in [0.4, 0.5) is 0 Å². The molecule has 0 atom stereocenters. The zero-order valence-electron chi connectivity index (χ0n) is 17.1. The van der Waals surface area contributed by atoms with Gasteiger partial charge in [0.05, 0.1) is 13.1 Å². The first-order valence-corrected chi connectivity index (χ1v) is 9.68. The minimum atomic E-state index is -0.680. The van der Waals surface area contributed by atoms with Crippen LogP contribution in [-0.4, -0.2) is 56.4 Å². The molecule has 30 heavy (non-hydrogen) atoms. The molecule has 2 aromatic heterocycles. The lowest BCUT2D eigenvalue weighted by Crippen LogP contribution is -2.35. The second-order valence-corrected chi connectivity index (χ2v) is 6.75. The van der Waals surface area contributed by atoms with E-state index in [1.54, 1.807) is 4.90 Å². The van der Waals surface area contributed by atoms with Gasteiger partial charge in [-0.3, -0.25) is 14.5 Å². The van der Waals surface area contributed by atoms with E-state index in [-0.39, 0.29) is 36.1 Å². The highest BCUT2D eigenvalue weighted by molar-refractivity contribution is 5.26. The Kier molecular flexibility index (Phi) is 8.60. The van der Waals surface area contributed by atoms with Gasteiger partial charge in [-0.15, -0.1) is 0 Å². The third-order valence-corrected chi connectivity index (χ3v) is 4.76. The minimum absolute atomic E-state index is 0.00755. The van der Waals surface area contributed by atoms with Crippen LogP contribution in [0.15, 0.2) is 30.6 Å². The zero-order valence-corrected chi connectivity index (χ0v) is 17.1. The van der Waals surface area contributed by atoms with Crippen molar-refractivity contribution in [1.82, 2.24) is 9.80 Å². The summed E-state index contributed by atoms with van der Waals surface area (Å²) in [6.45, 7) is 5.62. The van der Waals surface area contributed by atoms with Gasteiger partial charge >= 0.3 is 0 Å².